The molecule has 6 heteroatoms. The third-order valence-electron chi connectivity index (χ3n) is 5.13. The molecule has 1 amide bonds. The van der Waals surface area contributed by atoms with Gasteiger partial charge in [0.1, 0.15) is 12.2 Å². The number of rotatable bonds is 8. The molecule has 150 valence electrons. The van der Waals surface area contributed by atoms with Crippen LogP contribution >= 0.6 is 0 Å². The molecule has 1 fully saturated rings. The van der Waals surface area contributed by atoms with E-state index in [9.17, 15) is 4.79 Å². The van der Waals surface area contributed by atoms with Gasteiger partial charge in [0.15, 0.2) is 11.5 Å². The highest BCUT2D eigenvalue weighted by molar-refractivity contribution is 5.85. The van der Waals surface area contributed by atoms with Gasteiger partial charge in [-0.1, -0.05) is 36.4 Å². The van der Waals surface area contributed by atoms with Crippen molar-refractivity contribution < 1.29 is 19.0 Å². The Morgan fingerprint density at radius 3 is 2.46 bits per heavy atom. The lowest BCUT2D eigenvalue weighted by molar-refractivity contribution is -0.146. The first-order chi connectivity index (χ1) is 13.7. The highest BCUT2D eigenvalue weighted by Gasteiger charge is 2.39. The fourth-order valence-corrected chi connectivity index (χ4v) is 3.37. The lowest BCUT2D eigenvalue weighted by atomic mass is 9.91. The van der Waals surface area contributed by atoms with Crippen LogP contribution in [0.1, 0.15) is 24.0 Å². The third kappa shape index (κ3) is 4.82. The van der Waals surface area contributed by atoms with E-state index in [0.29, 0.717) is 37.5 Å². The summed E-state index contributed by atoms with van der Waals surface area (Å²) in [7, 11) is 3.22. The topological polar surface area (TPSA) is 68.8 Å². The number of piperidine rings is 1. The molecule has 0 radical (unpaired) electrons. The molecule has 3 rings (SSSR count). The van der Waals surface area contributed by atoms with Gasteiger partial charge in [-0.3, -0.25) is 4.79 Å². The Morgan fingerprint density at radius 1 is 1.04 bits per heavy atom. The zero-order chi connectivity index (χ0) is 19.8. The first-order valence-electron chi connectivity index (χ1n) is 9.55. The van der Waals surface area contributed by atoms with Crippen molar-refractivity contribution in [1.82, 2.24) is 10.6 Å². The van der Waals surface area contributed by atoms with Crippen LogP contribution < -0.4 is 20.1 Å². The first kappa shape index (κ1) is 20.2. The second kappa shape index (κ2) is 9.57. The summed E-state index contributed by atoms with van der Waals surface area (Å²) in [5.41, 5.74) is 1.29. The fraction of sp³-hybridized carbons (Fsp3) is 0.409. The van der Waals surface area contributed by atoms with E-state index in [1.807, 2.05) is 48.5 Å². The highest BCUT2D eigenvalue weighted by atomic mass is 16.5. The van der Waals surface area contributed by atoms with Gasteiger partial charge in [0.05, 0.1) is 7.11 Å². The number of hydrogen-bond donors (Lipinski definition) is 2. The Labute approximate surface area is 166 Å². The molecule has 1 saturated heterocycles. The summed E-state index contributed by atoms with van der Waals surface area (Å²) in [4.78, 5) is 12.7. The summed E-state index contributed by atoms with van der Waals surface area (Å²) in [6, 6.07) is 15.7. The molecule has 0 bridgehead atoms. The number of benzene rings is 2. The van der Waals surface area contributed by atoms with Gasteiger partial charge in [0.2, 0.25) is 0 Å². The van der Waals surface area contributed by atoms with Gasteiger partial charge < -0.3 is 24.8 Å². The van der Waals surface area contributed by atoms with E-state index in [4.69, 9.17) is 14.2 Å². The maximum Gasteiger partial charge on any atom is 0.252 e. The van der Waals surface area contributed by atoms with Crippen LogP contribution in [0.5, 0.6) is 11.5 Å². The van der Waals surface area contributed by atoms with Crippen molar-refractivity contribution in [2.45, 2.75) is 31.6 Å². The van der Waals surface area contributed by atoms with Crippen LogP contribution in [-0.4, -0.2) is 38.8 Å². The van der Waals surface area contributed by atoms with Crippen LogP contribution in [-0.2, 0) is 22.7 Å². The van der Waals surface area contributed by atoms with E-state index in [0.717, 1.165) is 24.2 Å². The average molecular weight is 384 g/mol. The molecule has 0 saturated carbocycles. The van der Waals surface area contributed by atoms with Gasteiger partial charge in [0, 0.05) is 13.7 Å². The number of methoxy groups -OCH3 is 2. The van der Waals surface area contributed by atoms with E-state index in [1.165, 1.54) is 0 Å². The standard InChI is InChI=1S/C22H28N2O4/c1-26-20-14-18(8-9-19(20)28-16-17-6-4-3-5-7-17)15-24-21(25)22(27-2)10-12-23-13-11-22/h3-9,14,23H,10-13,15-16H2,1-2H3,(H,24,25). The van der Waals surface area contributed by atoms with Crippen LogP contribution in [0.3, 0.4) is 0 Å². The van der Waals surface area contributed by atoms with E-state index < -0.39 is 5.60 Å². The van der Waals surface area contributed by atoms with Crippen molar-refractivity contribution >= 4 is 5.91 Å². The lowest BCUT2D eigenvalue weighted by Crippen LogP contribution is -2.53. The molecule has 2 aromatic rings. The second-order valence-electron chi connectivity index (χ2n) is 6.89. The average Bonchev–Trinajstić information content (AvgIpc) is 2.77. The van der Waals surface area contributed by atoms with Crippen LogP contribution in [0.4, 0.5) is 0 Å². The largest absolute Gasteiger partial charge is 0.493 e. The Bertz CT molecular complexity index is 773. The Balaban J connectivity index is 1.61. The summed E-state index contributed by atoms with van der Waals surface area (Å²) >= 11 is 0. The summed E-state index contributed by atoms with van der Waals surface area (Å²) < 4.78 is 16.9. The van der Waals surface area contributed by atoms with Crippen LogP contribution in [0.25, 0.3) is 0 Å². The Morgan fingerprint density at radius 2 is 1.79 bits per heavy atom. The predicted molar refractivity (Wildman–Crippen MR) is 107 cm³/mol. The SMILES string of the molecule is COc1cc(CNC(=O)C2(OC)CCNCC2)ccc1OCc1ccccc1. The smallest absolute Gasteiger partial charge is 0.252 e. The quantitative estimate of drug-likeness (QED) is 0.732. The van der Waals surface area contributed by atoms with E-state index >= 15 is 0 Å². The van der Waals surface area contributed by atoms with Crippen molar-refractivity contribution in [2.24, 2.45) is 0 Å². The minimum absolute atomic E-state index is 0.0696. The molecule has 28 heavy (non-hydrogen) atoms. The van der Waals surface area contributed by atoms with E-state index in [1.54, 1.807) is 14.2 Å². The zero-order valence-corrected chi connectivity index (χ0v) is 16.5. The summed E-state index contributed by atoms with van der Waals surface area (Å²) in [6.07, 6.45) is 1.34. The molecular formula is C22H28N2O4. The Hall–Kier alpha value is -2.57. The second-order valence-corrected chi connectivity index (χ2v) is 6.89. The van der Waals surface area contributed by atoms with Crippen LogP contribution in [0, 0.1) is 0 Å². The van der Waals surface area contributed by atoms with Crippen molar-refractivity contribution in [3.8, 4) is 11.5 Å². The van der Waals surface area contributed by atoms with Crippen molar-refractivity contribution in [1.29, 1.82) is 0 Å². The molecule has 1 heterocycles. The zero-order valence-electron chi connectivity index (χ0n) is 16.5. The lowest BCUT2D eigenvalue weighted by Gasteiger charge is -2.34. The molecule has 0 unspecified atom stereocenters. The predicted octanol–water partition coefficient (Wildman–Crippen LogP) is 2.66. The molecule has 1 aliphatic rings. The normalized spacial score (nSPS) is 15.6. The number of carbonyl (C=O) groups is 1. The molecule has 2 N–H and O–H groups in total. The van der Waals surface area contributed by atoms with Gasteiger partial charge in [-0.25, -0.2) is 0 Å². The number of nitrogens with one attached hydrogen (secondary N) is 2. The van der Waals surface area contributed by atoms with E-state index in [2.05, 4.69) is 10.6 Å². The maximum absolute atomic E-state index is 12.7. The van der Waals surface area contributed by atoms with Crippen LogP contribution in [0.15, 0.2) is 48.5 Å². The summed E-state index contributed by atoms with van der Waals surface area (Å²) in [5, 5.41) is 6.26. The van der Waals surface area contributed by atoms with Gasteiger partial charge in [-0.15, -0.1) is 0 Å². The monoisotopic (exact) mass is 384 g/mol. The molecule has 6 nitrogen and oxygen atoms in total. The van der Waals surface area contributed by atoms with Crippen molar-refractivity contribution in [3.63, 3.8) is 0 Å². The summed E-state index contributed by atoms with van der Waals surface area (Å²) in [6.45, 7) is 2.44. The van der Waals surface area contributed by atoms with Crippen molar-refractivity contribution in [2.75, 3.05) is 27.3 Å². The van der Waals surface area contributed by atoms with Crippen LogP contribution in [0.2, 0.25) is 0 Å². The summed E-state index contributed by atoms with van der Waals surface area (Å²) in [5.74, 6) is 1.25. The Kier molecular flexibility index (Phi) is 6.90. The molecule has 0 spiro atoms. The van der Waals surface area contributed by atoms with Crippen molar-refractivity contribution in [3.05, 3.63) is 59.7 Å². The minimum Gasteiger partial charge on any atom is -0.493 e. The molecule has 0 aromatic heterocycles. The highest BCUT2D eigenvalue weighted by Crippen LogP contribution is 2.29. The van der Waals surface area contributed by atoms with Gasteiger partial charge in [0.25, 0.3) is 5.91 Å². The van der Waals surface area contributed by atoms with E-state index in [-0.39, 0.29) is 5.91 Å². The number of ether oxygens (including phenoxy) is 3. The molecular weight excluding hydrogens is 356 g/mol. The molecule has 1 aliphatic heterocycles. The maximum atomic E-state index is 12.7. The fourth-order valence-electron chi connectivity index (χ4n) is 3.37. The number of amides is 1. The molecule has 2 aromatic carbocycles. The van der Waals surface area contributed by atoms with Gasteiger partial charge >= 0.3 is 0 Å². The molecule has 0 atom stereocenters. The minimum atomic E-state index is -0.742. The van der Waals surface area contributed by atoms with Gasteiger partial charge in [-0.05, 0) is 49.2 Å². The van der Waals surface area contributed by atoms with Gasteiger partial charge in [-0.2, -0.15) is 0 Å². The molecule has 0 aliphatic carbocycles. The third-order valence-corrected chi connectivity index (χ3v) is 5.13. The number of hydrogen-bond acceptors (Lipinski definition) is 5. The number of carbonyl (C=O) groups excluding carboxylic acids is 1. The first-order valence-corrected chi connectivity index (χ1v) is 9.55.